The first-order valence-corrected chi connectivity index (χ1v) is 7.21. The zero-order valence-corrected chi connectivity index (χ0v) is 11.7. The fourth-order valence-corrected chi connectivity index (χ4v) is 3.81. The summed E-state index contributed by atoms with van der Waals surface area (Å²) in [7, 11) is 0. The molecule has 0 radical (unpaired) electrons. The summed E-state index contributed by atoms with van der Waals surface area (Å²) in [5, 5.41) is 3.35. The molecule has 0 fully saturated rings. The fourth-order valence-electron chi connectivity index (χ4n) is 2.28. The number of hydrogen-bond donors (Lipinski definition) is 1. The average molecular weight is 302 g/mol. The lowest BCUT2D eigenvalue weighted by Crippen LogP contribution is -2.08. The maximum absolute atomic E-state index is 13.8. The van der Waals surface area contributed by atoms with Gasteiger partial charge in [-0.05, 0) is 36.6 Å². The van der Waals surface area contributed by atoms with Crippen LogP contribution in [0.15, 0.2) is 24.3 Å². The third-order valence-corrected chi connectivity index (χ3v) is 4.76. The second kappa shape index (κ2) is 4.72. The highest BCUT2D eigenvalue weighted by atomic mass is 35.5. The van der Waals surface area contributed by atoms with Crippen LogP contribution in [0.4, 0.5) is 10.1 Å². The number of thiophene rings is 1. The minimum Gasteiger partial charge on any atom is -0.376 e. The first-order valence-electron chi connectivity index (χ1n) is 5.64. The van der Waals surface area contributed by atoms with Crippen LogP contribution in [0.2, 0.25) is 9.36 Å². The molecule has 5 heteroatoms. The van der Waals surface area contributed by atoms with Crippen LogP contribution in [0, 0.1) is 5.82 Å². The van der Waals surface area contributed by atoms with Crippen molar-refractivity contribution in [2.24, 2.45) is 0 Å². The smallest absolute Gasteiger partial charge is 0.164 e. The Balaban J connectivity index is 1.88. The lowest BCUT2D eigenvalue weighted by atomic mass is 10.1. The van der Waals surface area contributed by atoms with E-state index in [1.165, 1.54) is 10.4 Å². The number of rotatable bonds is 2. The van der Waals surface area contributed by atoms with Gasteiger partial charge in [0.2, 0.25) is 0 Å². The number of aryl methyl sites for hydroxylation is 1. The van der Waals surface area contributed by atoms with Crippen LogP contribution >= 0.6 is 34.5 Å². The molecular formula is C13H10Cl2FNS. The number of benzene rings is 1. The van der Waals surface area contributed by atoms with Crippen molar-refractivity contribution in [3.05, 3.63) is 49.9 Å². The minimum absolute atomic E-state index is 0.122. The van der Waals surface area contributed by atoms with Gasteiger partial charge >= 0.3 is 0 Å². The Labute approximate surface area is 119 Å². The van der Waals surface area contributed by atoms with Crippen molar-refractivity contribution in [1.82, 2.24) is 0 Å². The molecule has 94 valence electrons. The number of anilines is 1. The van der Waals surface area contributed by atoms with Crippen molar-refractivity contribution in [3.63, 3.8) is 0 Å². The zero-order chi connectivity index (χ0) is 12.7. The molecule has 1 N–H and O–H groups in total. The van der Waals surface area contributed by atoms with Crippen LogP contribution in [-0.2, 0) is 6.42 Å². The highest BCUT2D eigenvalue weighted by Gasteiger charge is 2.25. The largest absolute Gasteiger partial charge is 0.376 e. The highest BCUT2D eigenvalue weighted by molar-refractivity contribution is 7.16. The maximum Gasteiger partial charge on any atom is 0.164 e. The molecule has 0 amide bonds. The molecule has 1 aromatic carbocycles. The van der Waals surface area contributed by atoms with E-state index < -0.39 is 5.82 Å². The van der Waals surface area contributed by atoms with Crippen molar-refractivity contribution in [1.29, 1.82) is 0 Å². The molecule has 0 aliphatic heterocycles. The maximum atomic E-state index is 13.8. The minimum atomic E-state index is -0.394. The summed E-state index contributed by atoms with van der Waals surface area (Å²) in [6.45, 7) is 0. The molecule has 0 spiro atoms. The van der Waals surface area contributed by atoms with E-state index in [4.69, 9.17) is 23.2 Å². The summed E-state index contributed by atoms with van der Waals surface area (Å²) in [5.41, 5.74) is 1.63. The van der Waals surface area contributed by atoms with Gasteiger partial charge in [0.25, 0.3) is 0 Å². The van der Waals surface area contributed by atoms with Crippen molar-refractivity contribution in [2.75, 3.05) is 5.32 Å². The molecule has 18 heavy (non-hydrogen) atoms. The molecule has 1 heterocycles. The number of fused-ring (bicyclic) bond motifs is 1. The van der Waals surface area contributed by atoms with Crippen molar-refractivity contribution in [2.45, 2.75) is 18.9 Å². The molecule has 1 aliphatic rings. The molecular weight excluding hydrogens is 292 g/mol. The van der Waals surface area contributed by atoms with Gasteiger partial charge in [-0.3, -0.25) is 0 Å². The fraction of sp³-hybridized carbons (Fsp3) is 0.231. The Morgan fingerprint density at radius 2 is 2.17 bits per heavy atom. The molecule has 2 aromatic rings. The van der Waals surface area contributed by atoms with Gasteiger partial charge in [0, 0.05) is 4.88 Å². The Morgan fingerprint density at radius 1 is 1.33 bits per heavy atom. The van der Waals surface area contributed by atoms with Crippen molar-refractivity contribution in [3.8, 4) is 0 Å². The van der Waals surface area contributed by atoms with Crippen molar-refractivity contribution >= 4 is 40.2 Å². The van der Waals surface area contributed by atoms with E-state index in [0.29, 0.717) is 5.69 Å². The van der Waals surface area contributed by atoms with Crippen LogP contribution in [0.5, 0.6) is 0 Å². The van der Waals surface area contributed by atoms with Crippen LogP contribution < -0.4 is 5.32 Å². The highest BCUT2D eigenvalue weighted by Crippen LogP contribution is 2.41. The first kappa shape index (κ1) is 12.3. The SMILES string of the molecule is Fc1c(Cl)cccc1NC1CCc2sc(Cl)cc21. The van der Waals surface area contributed by atoms with Gasteiger partial charge in [0.05, 0.1) is 21.1 Å². The number of halogens is 3. The average Bonchev–Trinajstić information content (AvgIpc) is 2.86. The lowest BCUT2D eigenvalue weighted by molar-refractivity contribution is 0.625. The van der Waals surface area contributed by atoms with Crippen LogP contribution in [0.1, 0.15) is 22.9 Å². The quantitative estimate of drug-likeness (QED) is 0.794. The molecule has 0 saturated carbocycles. The molecule has 1 atom stereocenters. The molecule has 1 aliphatic carbocycles. The molecule has 1 unspecified atom stereocenters. The lowest BCUT2D eigenvalue weighted by Gasteiger charge is -2.15. The summed E-state index contributed by atoms with van der Waals surface area (Å²) in [5.74, 6) is -0.394. The van der Waals surface area contributed by atoms with Gasteiger partial charge in [-0.1, -0.05) is 29.3 Å². The zero-order valence-electron chi connectivity index (χ0n) is 9.34. The van der Waals surface area contributed by atoms with Gasteiger partial charge in [0.1, 0.15) is 0 Å². The molecule has 3 rings (SSSR count). The second-order valence-corrected chi connectivity index (χ2v) is 6.44. The predicted octanol–water partition coefficient (Wildman–Crippen LogP) is 5.29. The van der Waals surface area contributed by atoms with E-state index in [1.807, 2.05) is 6.07 Å². The van der Waals surface area contributed by atoms with Gasteiger partial charge in [-0.15, -0.1) is 11.3 Å². The van der Waals surface area contributed by atoms with E-state index in [9.17, 15) is 4.39 Å². The first-order chi connectivity index (χ1) is 8.65. The third kappa shape index (κ3) is 2.11. The third-order valence-electron chi connectivity index (χ3n) is 3.13. The summed E-state index contributed by atoms with van der Waals surface area (Å²) in [6, 6.07) is 7.08. The standard InChI is InChI=1S/C13H10Cl2FNS/c14-8-2-1-3-10(13(8)16)17-9-4-5-11-7(9)6-12(15)18-11/h1-3,6,9,17H,4-5H2. The van der Waals surface area contributed by atoms with Gasteiger partial charge in [-0.2, -0.15) is 0 Å². The van der Waals surface area contributed by atoms with Crippen LogP contribution in [0.25, 0.3) is 0 Å². The van der Waals surface area contributed by atoms with E-state index in [2.05, 4.69) is 5.32 Å². The van der Waals surface area contributed by atoms with E-state index >= 15 is 0 Å². The summed E-state index contributed by atoms with van der Waals surface area (Å²) >= 11 is 13.4. The molecule has 0 saturated heterocycles. The van der Waals surface area contributed by atoms with Crippen molar-refractivity contribution < 1.29 is 4.39 Å². The predicted molar refractivity (Wildman–Crippen MR) is 75.4 cm³/mol. The Hall–Kier alpha value is -0.770. The van der Waals surface area contributed by atoms with Crippen LogP contribution in [-0.4, -0.2) is 0 Å². The number of nitrogens with one attached hydrogen (secondary N) is 1. The summed E-state index contributed by atoms with van der Waals surface area (Å²) in [4.78, 5) is 1.29. The number of hydrogen-bond acceptors (Lipinski definition) is 2. The van der Waals surface area contributed by atoms with E-state index in [1.54, 1.807) is 29.5 Å². The van der Waals surface area contributed by atoms with Crippen LogP contribution in [0.3, 0.4) is 0 Å². The Morgan fingerprint density at radius 3 is 3.00 bits per heavy atom. The molecule has 0 bridgehead atoms. The molecule has 1 nitrogen and oxygen atoms in total. The topological polar surface area (TPSA) is 12.0 Å². The second-order valence-electron chi connectivity index (χ2n) is 4.27. The molecule has 1 aromatic heterocycles. The van der Waals surface area contributed by atoms with E-state index in [-0.39, 0.29) is 11.1 Å². The Bertz CT molecular complexity index is 597. The van der Waals surface area contributed by atoms with Gasteiger partial charge in [0.15, 0.2) is 5.82 Å². The summed E-state index contributed by atoms with van der Waals surface area (Å²) < 4.78 is 14.6. The Kier molecular flexibility index (Phi) is 3.22. The normalized spacial score (nSPS) is 17.8. The monoisotopic (exact) mass is 301 g/mol. The van der Waals surface area contributed by atoms with Gasteiger partial charge in [-0.25, -0.2) is 4.39 Å². The van der Waals surface area contributed by atoms with Gasteiger partial charge < -0.3 is 5.32 Å². The summed E-state index contributed by atoms with van der Waals surface area (Å²) in [6.07, 6.45) is 1.96. The van der Waals surface area contributed by atoms with E-state index in [0.717, 1.165) is 17.2 Å².